The summed E-state index contributed by atoms with van der Waals surface area (Å²) in [5.74, 6) is 0.644. The number of imidazole rings is 1. The monoisotopic (exact) mass is 469 g/mol. The van der Waals surface area contributed by atoms with Crippen molar-refractivity contribution >= 4 is 28.6 Å². The average molecular weight is 469 g/mol. The van der Waals surface area contributed by atoms with Crippen molar-refractivity contribution in [3.63, 3.8) is 0 Å². The van der Waals surface area contributed by atoms with Crippen LogP contribution in [0, 0.1) is 0 Å². The fraction of sp³-hybridized carbons (Fsp3) is 0.500. The van der Waals surface area contributed by atoms with Crippen LogP contribution in [0.3, 0.4) is 0 Å². The van der Waals surface area contributed by atoms with Gasteiger partial charge in [-0.15, -0.1) is 0 Å². The standard InChI is InChI=1S/C20H23F4N7O2/c1-10(32)18-27-13-8-26-17(7-14(13)31(18)11(2)20(22,23)24)28-16-3-5-25-19(29-16)30-6-4-15(33)12(21)9-30/h3,5,7-8,10-12,15,32-33H,4,6,9H2,1-2H3,(H,25,26,28,29)/t10-,11-,12-,15?/m0/s1. The molecule has 4 atom stereocenters. The minimum absolute atomic E-state index is 0.0501. The molecule has 1 fully saturated rings. The first kappa shape index (κ1) is 23.1. The summed E-state index contributed by atoms with van der Waals surface area (Å²) in [4.78, 5) is 18.4. The lowest BCUT2D eigenvalue weighted by Crippen LogP contribution is -2.45. The Kier molecular flexibility index (Phi) is 6.10. The molecule has 0 amide bonds. The summed E-state index contributed by atoms with van der Waals surface area (Å²) < 4.78 is 55.3. The number of rotatable bonds is 5. The predicted octanol–water partition coefficient (Wildman–Crippen LogP) is 3.05. The highest BCUT2D eigenvalue weighted by molar-refractivity contribution is 5.79. The summed E-state index contributed by atoms with van der Waals surface area (Å²) >= 11 is 0. The number of anilines is 3. The van der Waals surface area contributed by atoms with Crippen molar-refractivity contribution < 1.29 is 27.8 Å². The van der Waals surface area contributed by atoms with Crippen LogP contribution < -0.4 is 10.2 Å². The number of hydrogen-bond acceptors (Lipinski definition) is 8. The van der Waals surface area contributed by atoms with E-state index in [0.29, 0.717) is 12.4 Å². The van der Waals surface area contributed by atoms with Crippen molar-refractivity contribution in [2.45, 2.75) is 50.9 Å². The molecule has 1 saturated heterocycles. The highest BCUT2D eigenvalue weighted by atomic mass is 19.4. The van der Waals surface area contributed by atoms with Crippen LogP contribution in [0.2, 0.25) is 0 Å². The van der Waals surface area contributed by atoms with E-state index in [1.807, 2.05) is 0 Å². The summed E-state index contributed by atoms with van der Waals surface area (Å²) in [6.07, 6.45) is -5.19. The van der Waals surface area contributed by atoms with Crippen LogP contribution in [-0.2, 0) is 0 Å². The van der Waals surface area contributed by atoms with E-state index in [1.54, 1.807) is 4.90 Å². The number of aliphatic hydroxyl groups is 2. The van der Waals surface area contributed by atoms with Gasteiger partial charge < -0.3 is 25.0 Å². The topological polar surface area (TPSA) is 112 Å². The highest BCUT2D eigenvalue weighted by Crippen LogP contribution is 2.36. The first-order chi connectivity index (χ1) is 15.5. The van der Waals surface area contributed by atoms with Gasteiger partial charge >= 0.3 is 6.18 Å². The molecule has 178 valence electrons. The van der Waals surface area contributed by atoms with Crippen molar-refractivity contribution in [2.75, 3.05) is 23.3 Å². The molecule has 0 radical (unpaired) electrons. The third-order valence-corrected chi connectivity index (χ3v) is 5.53. The SMILES string of the molecule is C[C@H](O)c1nc2cnc(Nc3ccnc(N4CCC(O)[C@@H](F)C4)n3)cc2n1[C@@H](C)C(F)(F)F. The number of nitrogens with one attached hydrogen (secondary N) is 1. The van der Waals surface area contributed by atoms with Crippen molar-refractivity contribution in [3.05, 3.63) is 30.4 Å². The van der Waals surface area contributed by atoms with Gasteiger partial charge in [0.25, 0.3) is 0 Å². The molecule has 4 heterocycles. The van der Waals surface area contributed by atoms with Gasteiger partial charge in [0.05, 0.1) is 24.4 Å². The smallest absolute Gasteiger partial charge is 0.390 e. The van der Waals surface area contributed by atoms with Gasteiger partial charge in [-0.05, 0) is 26.3 Å². The Morgan fingerprint density at radius 1 is 1.18 bits per heavy atom. The summed E-state index contributed by atoms with van der Waals surface area (Å²) in [6, 6.07) is 1.02. The van der Waals surface area contributed by atoms with Gasteiger partial charge in [-0.3, -0.25) is 0 Å². The van der Waals surface area contributed by atoms with Gasteiger partial charge in [0, 0.05) is 18.8 Å². The first-order valence-electron chi connectivity index (χ1n) is 10.3. The normalized spacial score (nSPS) is 21.3. The third-order valence-electron chi connectivity index (χ3n) is 5.53. The maximum absolute atomic E-state index is 13.9. The molecule has 0 spiro atoms. The van der Waals surface area contributed by atoms with E-state index < -0.39 is 30.6 Å². The molecule has 1 aliphatic rings. The van der Waals surface area contributed by atoms with Crippen molar-refractivity contribution in [1.29, 1.82) is 0 Å². The lowest BCUT2D eigenvalue weighted by molar-refractivity contribution is -0.163. The van der Waals surface area contributed by atoms with Crippen LogP contribution >= 0.6 is 0 Å². The fourth-order valence-corrected chi connectivity index (χ4v) is 3.71. The lowest BCUT2D eigenvalue weighted by Gasteiger charge is -2.32. The van der Waals surface area contributed by atoms with Crippen LogP contribution in [0.4, 0.5) is 35.1 Å². The lowest BCUT2D eigenvalue weighted by atomic mass is 10.1. The van der Waals surface area contributed by atoms with E-state index in [9.17, 15) is 27.8 Å². The molecule has 3 N–H and O–H groups in total. The molecule has 1 unspecified atom stereocenters. The zero-order valence-corrected chi connectivity index (χ0v) is 17.8. The maximum Gasteiger partial charge on any atom is 0.408 e. The van der Waals surface area contributed by atoms with E-state index in [4.69, 9.17) is 0 Å². The molecule has 0 saturated carbocycles. The van der Waals surface area contributed by atoms with Crippen LogP contribution in [0.1, 0.15) is 38.2 Å². The number of pyridine rings is 1. The number of alkyl halides is 4. The summed E-state index contributed by atoms with van der Waals surface area (Å²) in [6.45, 7) is 2.67. The Balaban J connectivity index is 1.65. The molecule has 0 aromatic carbocycles. The quantitative estimate of drug-likeness (QED) is 0.489. The summed E-state index contributed by atoms with van der Waals surface area (Å²) in [5, 5.41) is 22.5. The predicted molar refractivity (Wildman–Crippen MR) is 112 cm³/mol. The number of aromatic nitrogens is 5. The molecule has 13 heteroatoms. The number of fused-ring (bicyclic) bond motifs is 1. The molecule has 9 nitrogen and oxygen atoms in total. The van der Waals surface area contributed by atoms with Gasteiger partial charge in [-0.1, -0.05) is 0 Å². The largest absolute Gasteiger partial charge is 0.408 e. The maximum atomic E-state index is 13.9. The van der Waals surface area contributed by atoms with E-state index >= 15 is 0 Å². The van der Waals surface area contributed by atoms with Gasteiger partial charge in [0.2, 0.25) is 5.95 Å². The average Bonchev–Trinajstić information content (AvgIpc) is 3.13. The third kappa shape index (κ3) is 4.69. The zero-order valence-electron chi connectivity index (χ0n) is 17.8. The van der Waals surface area contributed by atoms with E-state index in [-0.39, 0.29) is 41.6 Å². The molecule has 3 aromatic heterocycles. The van der Waals surface area contributed by atoms with Gasteiger partial charge in [0.15, 0.2) is 0 Å². The van der Waals surface area contributed by atoms with Crippen LogP contribution in [0.25, 0.3) is 11.0 Å². The number of aliphatic hydroxyl groups excluding tert-OH is 2. The first-order valence-corrected chi connectivity index (χ1v) is 10.3. The van der Waals surface area contributed by atoms with Crippen molar-refractivity contribution in [2.24, 2.45) is 0 Å². The molecule has 0 aliphatic carbocycles. The Morgan fingerprint density at radius 3 is 2.61 bits per heavy atom. The van der Waals surface area contributed by atoms with Crippen LogP contribution in [0.5, 0.6) is 0 Å². The number of halogens is 4. The number of hydrogen-bond donors (Lipinski definition) is 3. The second kappa shape index (κ2) is 8.71. The second-order valence-electron chi connectivity index (χ2n) is 7.98. The minimum Gasteiger partial charge on any atom is -0.390 e. The van der Waals surface area contributed by atoms with Crippen LogP contribution in [-0.4, -0.2) is 66.3 Å². The Morgan fingerprint density at radius 2 is 1.94 bits per heavy atom. The Labute approximate surface area is 186 Å². The van der Waals surface area contributed by atoms with E-state index in [0.717, 1.165) is 11.5 Å². The molecular weight excluding hydrogens is 446 g/mol. The van der Waals surface area contributed by atoms with Gasteiger partial charge in [0.1, 0.15) is 41.3 Å². The Bertz CT molecular complexity index is 1140. The summed E-state index contributed by atoms with van der Waals surface area (Å²) in [5.41, 5.74) is 0.351. The van der Waals surface area contributed by atoms with Crippen molar-refractivity contribution in [1.82, 2.24) is 24.5 Å². The van der Waals surface area contributed by atoms with Gasteiger partial charge in [-0.2, -0.15) is 18.2 Å². The van der Waals surface area contributed by atoms with E-state index in [2.05, 4.69) is 25.3 Å². The molecular formula is C20H23F4N7O2. The second-order valence-corrected chi connectivity index (χ2v) is 7.98. The number of piperidine rings is 1. The van der Waals surface area contributed by atoms with Gasteiger partial charge in [-0.25, -0.2) is 19.3 Å². The van der Waals surface area contributed by atoms with Crippen molar-refractivity contribution in [3.8, 4) is 0 Å². The van der Waals surface area contributed by atoms with E-state index in [1.165, 1.54) is 31.5 Å². The molecule has 4 rings (SSSR count). The molecule has 0 bridgehead atoms. The fourth-order valence-electron chi connectivity index (χ4n) is 3.71. The number of nitrogens with zero attached hydrogens (tertiary/aromatic N) is 6. The highest BCUT2D eigenvalue weighted by Gasteiger charge is 2.40. The van der Waals surface area contributed by atoms with Crippen LogP contribution in [0.15, 0.2) is 24.5 Å². The molecule has 33 heavy (non-hydrogen) atoms. The summed E-state index contributed by atoms with van der Waals surface area (Å²) in [7, 11) is 0. The zero-order chi connectivity index (χ0) is 23.9. The molecule has 1 aliphatic heterocycles. The Hall–Kier alpha value is -3.06. The minimum atomic E-state index is -4.55. The molecule has 3 aromatic rings.